The molecule has 154 valence electrons. The summed E-state index contributed by atoms with van der Waals surface area (Å²) < 4.78 is 11.7. The van der Waals surface area contributed by atoms with E-state index >= 15 is 0 Å². The van der Waals surface area contributed by atoms with E-state index < -0.39 is 0 Å². The lowest BCUT2D eigenvalue weighted by molar-refractivity contribution is -0.149. The van der Waals surface area contributed by atoms with Crippen LogP contribution < -0.4 is 0 Å². The molecule has 2 aromatic heterocycles. The van der Waals surface area contributed by atoms with E-state index in [4.69, 9.17) is 9.47 Å². The van der Waals surface area contributed by atoms with Crippen LogP contribution in [0, 0.1) is 0 Å². The van der Waals surface area contributed by atoms with E-state index in [1.165, 1.54) is 0 Å². The molecule has 0 saturated carbocycles. The molecule has 7 heteroatoms. The van der Waals surface area contributed by atoms with Gasteiger partial charge in [0.15, 0.2) is 0 Å². The number of aryl methyl sites for hydroxylation is 1. The zero-order valence-electron chi connectivity index (χ0n) is 16.7. The average molecular weight is 396 g/mol. The molecule has 1 amide bonds. The number of pyridine rings is 2. The van der Waals surface area contributed by atoms with Gasteiger partial charge in [0.2, 0.25) is 5.91 Å². The summed E-state index contributed by atoms with van der Waals surface area (Å²) >= 11 is 0. The van der Waals surface area contributed by atoms with Crippen LogP contribution >= 0.6 is 0 Å². The molecule has 2 saturated heterocycles. The van der Waals surface area contributed by atoms with Gasteiger partial charge in [-0.25, -0.2) is 0 Å². The van der Waals surface area contributed by atoms with Gasteiger partial charge in [-0.3, -0.25) is 19.7 Å². The molecule has 7 nitrogen and oxygen atoms in total. The number of amides is 1. The molecule has 0 N–H and O–H groups in total. The number of rotatable bonds is 6. The van der Waals surface area contributed by atoms with Crippen molar-refractivity contribution in [3.05, 3.63) is 60.2 Å². The Morgan fingerprint density at radius 1 is 1.03 bits per heavy atom. The first-order valence-electron chi connectivity index (χ1n) is 10.3. The van der Waals surface area contributed by atoms with Crippen molar-refractivity contribution in [2.45, 2.75) is 25.0 Å². The Kier molecular flexibility index (Phi) is 6.82. The van der Waals surface area contributed by atoms with Crippen molar-refractivity contribution < 1.29 is 14.3 Å². The van der Waals surface area contributed by atoms with Crippen LogP contribution in [0.5, 0.6) is 0 Å². The normalized spacial score (nSPS) is 23.1. The van der Waals surface area contributed by atoms with Crippen LogP contribution in [0.15, 0.2) is 49.1 Å². The second kappa shape index (κ2) is 9.91. The SMILES string of the molecule is O=C(CCc1ccncc1)N1CCO[C@@H](CN2CCOCC2)[C@@H]1c1cccnc1. The number of ether oxygens (including phenoxy) is 2. The van der Waals surface area contributed by atoms with Gasteiger partial charge >= 0.3 is 0 Å². The maximum atomic E-state index is 13.2. The lowest BCUT2D eigenvalue weighted by Gasteiger charge is -2.43. The van der Waals surface area contributed by atoms with Crippen molar-refractivity contribution in [3.8, 4) is 0 Å². The number of carbonyl (C=O) groups excluding carboxylic acids is 1. The average Bonchev–Trinajstić information content (AvgIpc) is 2.79. The van der Waals surface area contributed by atoms with Gasteiger partial charge in [-0.2, -0.15) is 0 Å². The molecule has 0 bridgehead atoms. The molecule has 4 rings (SSSR count). The summed E-state index contributed by atoms with van der Waals surface area (Å²) in [6, 6.07) is 7.78. The minimum atomic E-state index is -0.120. The Bertz CT molecular complexity index is 768. The molecule has 0 radical (unpaired) electrons. The summed E-state index contributed by atoms with van der Waals surface area (Å²) in [7, 11) is 0. The number of carbonyl (C=O) groups is 1. The third kappa shape index (κ3) is 5.18. The predicted octanol–water partition coefficient (Wildman–Crippen LogP) is 1.71. The molecular formula is C22H28N4O3. The number of hydrogen-bond donors (Lipinski definition) is 0. The molecule has 29 heavy (non-hydrogen) atoms. The standard InChI is InChI=1S/C22H28N4O3/c27-21(4-3-18-5-8-23-9-6-18)26-12-15-29-20(17-25-10-13-28-14-11-25)22(26)19-2-1-7-24-16-19/h1-2,5-9,16,20,22H,3-4,10-15,17H2/t20-,22-/m0/s1. The van der Waals surface area contributed by atoms with Crippen LogP contribution in [0.25, 0.3) is 0 Å². The molecule has 2 aromatic rings. The van der Waals surface area contributed by atoms with Crippen LogP contribution in [-0.2, 0) is 20.7 Å². The molecule has 0 aliphatic carbocycles. The van der Waals surface area contributed by atoms with Gasteiger partial charge in [-0.05, 0) is 35.7 Å². The van der Waals surface area contributed by atoms with Crippen LogP contribution in [0.4, 0.5) is 0 Å². The van der Waals surface area contributed by atoms with E-state index in [9.17, 15) is 4.79 Å². The van der Waals surface area contributed by atoms with E-state index in [1.807, 2.05) is 35.4 Å². The van der Waals surface area contributed by atoms with Crippen molar-refractivity contribution in [3.63, 3.8) is 0 Å². The third-order valence-electron chi connectivity index (χ3n) is 5.62. The smallest absolute Gasteiger partial charge is 0.223 e. The van der Waals surface area contributed by atoms with Gasteiger partial charge in [-0.15, -0.1) is 0 Å². The summed E-state index contributed by atoms with van der Waals surface area (Å²) in [5.74, 6) is 0.158. The first kappa shape index (κ1) is 19.9. The molecule has 2 aliphatic rings. The summed E-state index contributed by atoms with van der Waals surface area (Å²) in [6.45, 7) is 5.25. The quantitative estimate of drug-likeness (QED) is 0.741. The number of morpholine rings is 2. The second-order valence-corrected chi connectivity index (χ2v) is 7.50. The van der Waals surface area contributed by atoms with Gasteiger partial charge in [0, 0.05) is 57.4 Å². The molecule has 0 spiro atoms. The Balaban J connectivity index is 1.49. The molecular weight excluding hydrogens is 368 g/mol. The monoisotopic (exact) mass is 396 g/mol. The van der Waals surface area contributed by atoms with Crippen LogP contribution in [0.3, 0.4) is 0 Å². The maximum Gasteiger partial charge on any atom is 0.223 e. The van der Waals surface area contributed by atoms with Gasteiger partial charge in [0.25, 0.3) is 0 Å². The van der Waals surface area contributed by atoms with E-state index in [2.05, 4.69) is 14.9 Å². The van der Waals surface area contributed by atoms with Crippen molar-refractivity contribution in [2.24, 2.45) is 0 Å². The van der Waals surface area contributed by atoms with E-state index in [1.54, 1.807) is 18.6 Å². The Morgan fingerprint density at radius 3 is 2.62 bits per heavy atom. The molecule has 4 heterocycles. The Hall–Kier alpha value is -2.35. The predicted molar refractivity (Wildman–Crippen MR) is 108 cm³/mol. The highest BCUT2D eigenvalue weighted by molar-refractivity contribution is 5.77. The fourth-order valence-corrected chi connectivity index (χ4v) is 4.09. The highest BCUT2D eigenvalue weighted by Crippen LogP contribution is 2.31. The summed E-state index contributed by atoms with van der Waals surface area (Å²) in [5.41, 5.74) is 2.16. The zero-order valence-corrected chi connectivity index (χ0v) is 16.7. The fraction of sp³-hybridized carbons (Fsp3) is 0.500. The highest BCUT2D eigenvalue weighted by Gasteiger charge is 2.37. The number of hydrogen-bond acceptors (Lipinski definition) is 6. The first-order chi connectivity index (χ1) is 14.3. The molecule has 0 unspecified atom stereocenters. The Morgan fingerprint density at radius 2 is 1.86 bits per heavy atom. The molecule has 0 aromatic carbocycles. The van der Waals surface area contributed by atoms with Crippen molar-refractivity contribution in [1.82, 2.24) is 19.8 Å². The molecule has 2 fully saturated rings. The van der Waals surface area contributed by atoms with E-state index in [0.717, 1.165) is 44.0 Å². The van der Waals surface area contributed by atoms with Crippen molar-refractivity contribution in [2.75, 3.05) is 46.0 Å². The van der Waals surface area contributed by atoms with E-state index in [-0.39, 0.29) is 18.1 Å². The summed E-state index contributed by atoms with van der Waals surface area (Å²) in [6.07, 6.45) is 8.28. The highest BCUT2D eigenvalue weighted by atomic mass is 16.5. The largest absolute Gasteiger partial charge is 0.379 e. The van der Waals surface area contributed by atoms with Crippen molar-refractivity contribution >= 4 is 5.91 Å². The number of aromatic nitrogens is 2. The molecule has 2 atom stereocenters. The lowest BCUT2D eigenvalue weighted by atomic mass is 9.97. The Labute approximate surface area is 171 Å². The van der Waals surface area contributed by atoms with E-state index in [0.29, 0.717) is 26.0 Å². The maximum absolute atomic E-state index is 13.2. The van der Waals surface area contributed by atoms with Gasteiger partial charge in [-0.1, -0.05) is 6.07 Å². The van der Waals surface area contributed by atoms with Gasteiger partial charge in [0.1, 0.15) is 0 Å². The first-order valence-corrected chi connectivity index (χ1v) is 10.3. The topological polar surface area (TPSA) is 67.8 Å². The minimum absolute atomic E-state index is 0.0732. The minimum Gasteiger partial charge on any atom is -0.379 e. The van der Waals surface area contributed by atoms with Crippen LogP contribution in [0.1, 0.15) is 23.6 Å². The zero-order chi connectivity index (χ0) is 19.9. The molecule has 2 aliphatic heterocycles. The number of nitrogens with zero attached hydrogens (tertiary/aromatic N) is 4. The van der Waals surface area contributed by atoms with Gasteiger partial charge in [0.05, 0.1) is 32.0 Å². The lowest BCUT2D eigenvalue weighted by Crippen LogP contribution is -2.53. The summed E-state index contributed by atoms with van der Waals surface area (Å²) in [5, 5.41) is 0. The van der Waals surface area contributed by atoms with Gasteiger partial charge < -0.3 is 14.4 Å². The third-order valence-corrected chi connectivity index (χ3v) is 5.62. The second-order valence-electron chi connectivity index (χ2n) is 7.50. The van der Waals surface area contributed by atoms with Crippen LogP contribution in [-0.4, -0.2) is 77.8 Å². The van der Waals surface area contributed by atoms with Crippen LogP contribution in [0.2, 0.25) is 0 Å². The fourth-order valence-electron chi connectivity index (χ4n) is 4.09. The summed E-state index contributed by atoms with van der Waals surface area (Å²) in [4.78, 5) is 25.9. The van der Waals surface area contributed by atoms with Crippen molar-refractivity contribution in [1.29, 1.82) is 0 Å².